The average molecular weight is 279 g/mol. The highest BCUT2D eigenvalue weighted by Crippen LogP contribution is 2.29. The summed E-state index contributed by atoms with van der Waals surface area (Å²) in [5.41, 5.74) is 0.386. The molecule has 0 spiro atoms. The predicted molar refractivity (Wildman–Crippen MR) is 72.4 cm³/mol. The number of carbonyl (C=O) groups excluding carboxylic acids is 1. The Bertz CT molecular complexity index is 532. The second-order valence-corrected chi connectivity index (χ2v) is 4.93. The number of ether oxygens (including phenoxy) is 1. The molecule has 1 aromatic rings. The largest absolute Gasteiger partial charge is 0.469 e. The number of hydrogen-bond donors (Lipinski definition) is 1. The molecular weight excluding hydrogens is 262 g/mol. The molecule has 0 unspecified atom stereocenters. The third kappa shape index (κ3) is 3.04. The van der Waals surface area contributed by atoms with Gasteiger partial charge in [0.15, 0.2) is 0 Å². The van der Waals surface area contributed by atoms with Gasteiger partial charge in [0.05, 0.1) is 18.0 Å². The molecule has 2 rings (SSSR count). The van der Waals surface area contributed by atoms with Crippen molar-refractivity contribution in [2.75, 3.05) is 12.4 Å². The molecule has 108 valence electrons. The third-order valence-corrected chi connectivity index (χ3v) is 3.57. The monoisotopic (exact) mass is 279 g/mol. The highest BCUT2D eigenvalue weighted by Gasteiger charge is 2.30. The lowest BCUT2D eigenvalue weighted by atomic mass is 10.1. The van der Waals surface area contributed by atoms with E-state index in [4.69, 9.17) is 4.74 Å². The van der Waals surface area contributed by atoms with Crippen LogP contribution < -0.4 is 5.32 Å². The molecule has 0 amide bonds. The maximum absolute atomic E-state index is 11.4. The minimum Gasteiger partial charge on any atom is -0.469 e. The van der Waals surface area contributed by atoms with E-state index in [0.717, 1.165) is 12.8 Å². The van der Waals surface area contributed by atoms with Gasteiger partial charge in [0.25, 0.3) is 5.69 Å². The number of methoxy groups -OCH3 is 1. The van der Waals surface area contributed by atoms with Gasteiger partial charge >= 0.3 is 5.97 Å². The van der Waals surface area contributed by atoms with Gasteiger partial charge in [-0.2, -0.15) is 0 Å². The lowest BCUT2D eigenvalue weighted by molar-refractivity contribution is -0.385. The van der Waals surface area contributed by atoms with Crippen LogP contribution in [0.25, 0.3) is 0 Å². The van der Waals surface area contributed by atoms with Gasteiger partial charge in [-0.05, 0) is 32.3 Å². The third-order valence-electron chi connectivity index (χ3n) is 3.57. The van der Waals surface area contributed by atoms with Crippen LogP contribution in [0.3, 0.4) is 0 Å². The van der Waals surface area contributed by atoms with E-state index in [1.54, 1.807) is 13.0 Å². The quantitative estimate of drug-likeness (QED) is 0.515. The zero-order valence-corrected chi connectivity index (χ0v) is 11.5. The zero-order valence-electron chi connectivity index (χ0n) is 11.5. The van der Waals surface area contributed by atoms with Crippen molar-refractivity contribution < 1.29 is 14.5 Å². The Hall–Kier alpha value is -2.18. The van der Waals surface area contributed by atoms with Crippen LogP contribution in [-0.4, -0.2) is 29.0 Å². The van der Waals surface area contributed by atoms with Crippen LogP contribution in [-0.2, 0) is 9.53 Å². The van der Waals surface area contributed by atoms with Crippen molar-refractivity contribution >= 4 is 17.5 Å². The lowest BCUT2D eigenvalue weighted by Crippen LogP contribution is -2.19. The molecule has 2 atom stereocenters. The lowest BCUT2D eigenvalue weighted by Gasteiger charge is -2.13. The summed E-state index contributed by atoms with van der Waals surface area (Å²) in [6, 6.07) is 3.18. The van der Waals surface area contributed by atoms with Crippen molar-refractivity contribution in [3.63, 3.8) is 0 Å². The maximum Gasteiger partial charge on any atom is 0.308 e. The van der Waals surface area contributed by atoms with E-state index in [-0.39, 0.29) is 23.6 Å². The second kappa shape index (κ2) is 5.85. The van der Waals surface area contributed by atoms with Crippen molar-refractivity contribution in [3.05, 3.63) is 27.9 Å². The number of esters is 1. The summed E-state index contributed by atoms with van der Waals surface area (Å²) in [5.74, 6) is 0.349. The van der Waals surface area contributed by atoms with E-state index in [1.807, 2.05) is 0 Å². The molecule has 0 radical (unpaired) electrons. The van der Waals surface area contributed by atoms with Crippen molar-refractivity contribution in [1.82, 2.24) is 4.98 Å². The average Bonchev–Trinajstić information content (AvgIpc) is 2.86. The molecule has 1 aliphatic carbocycles. The molecule has 7 heteroatoms. The van der Waals surface area contributed by atoms with Crippen LogP contribution in [0.1, 0.15) is 25.0 Å². The molecule has 0 saturated heterocycles. The zero-order chi connectivity index (χ0) is 14.7. The molecule has 1 fully saturated rings. The maximum atomic E-state index is 11.4. The van der Waals surface area contributed by atoms with Crippen molar-refractivity contribution in [1.29, 1.82) is 0 Å². The van der Waals surface area contributed by atoms with E-state index < -0.39 is 4.92 Å². The summed E-state index contributed by atoms with van der Waals surface area (Å²) in [4.78, 5) is 25.9. The van der Waals surface area contributed by atoms with Crippen LogP contribution in [0.15, 0.2) is 12.1 Å². The predicted octanol–water partition coefficient (Wildman–Crippen LogP) is 2.05. The summed E-state index contributed by atoms with van der Waals surface area (Å²) >= 11 is 0. The summed E-state index contributed by atoms with van der Waals surface area (Å²) < 4.78 is 4.74. The molecule has 0 aromatic carbocycles. The van der Waals surface area contributed by atoms with E-state index in [2.05, 4.69) is 10.3 Å². The van der Waals surface area contributed by atoms with Crippen LogP contribution >= 0.6 is 0 Å². The molecule has 0 aliphatic heterocycles. The Morgan fingerprint density at radius 2 is 2.25 bits per heavy atom. The smallest absolute Gasteiger partial charge is 0.308 e. The summed E-state index contributed by atoms with van der Waals surface area (Å²) in [5, 5.41) is 13.9. The molecule has 0 bridgehead atoms. The Labute approximate surface area is 116 Å². The van der Waals surface area contributed by atoms with Crippen LogP contribution in [0.5, 0.6) is 0 Å². The number of pyridine rings is 1. The van der Waals surface area contributed by atoms with E-state index in [1.165, 1.54) is 13.2 Å². The van der Waals surface area contributed by atoms with Crippen molar-refractivity contribution in [3.8, 4) is 0 Å². The molecule has 1 N–H and O–H groups in total. The molecule has 7 nitrogen and oxygen atoms in total. The summed E-state index contributed by atoms with van der Waals surface area (Å²) in [6.45, 7) is 1.61. The Morgan fingerprint density at radius 1 is 1.50 bits per heavy atom. The second-order valence-electron chi connectivity index (χ2n) is 4.93. The standard InChI is InChI=1S/C13H17N3O4/c1-8-11(16(18)19)5-6-12(14-8)15-10-4-3-9(7-10)13(17)20-2/h5-6,9-10H,3-4,7H2,1-2H3,(H,14,15)/t9-,10+/m0/s1. The van der Waals surface area contributed by atoms with E-state index in [0.29, 0.717) is 17.9 Å². The van der Waals surface area contributed by atoms with Gasteiger partial charge in [0.1, 0.15) is 11.5 Å². The van der Waals surface area contributed by atoms with Gasteiger partial charge in [0.2, 0.25) is 0 Å². The first-order valence-electron chi connectivity index (χ1n) is 6.47. The first kappa shape index (κ1) is 14.2. The molecule has 1 aliphatic rings. The fourth-order valence-electron chi connectivity index (χ4n) is 2.53. The number of nitrogens with zero attached hydrogens (tertiary/aromatic N) is 2. The van der Waals surface area contributed by atoms with E-state index >= 15 is 0 Å². The van der Waals surface area contributed by atoms with Gasteiger partial charge in [0, 0.05) is 12.1 Å². The number of nitro groups is 1. The molecule has 1 saturated carbocycles. The van der Waals surface area contributed by atoms with Gasteiger partial charge in [-0.25, -0.2) is 4.98 Å². The summed E-state index contributed by atoms with van der Waals surface area (Å²) in [7, 11) is 1.39. The van der Waals surface area contributed by atoms with Crippen molar-refractivity contribution in [2.24, 2.45) is 5.92 Å². The SMILES string of the molecule is COC(=O)[C@H]1CC[C@@H](Nc2ccc([N+](=O)[O-])c(C)n2)C1. The topological polar surface area (TPSA) is 94.4 Å². The van der Waals surface area contributed by atoms with Gasteiger partial charge < -0.3 is 10.1 Å². The van der Waals surface area contributed by atoms with Crippen molar-refractivity contribution in [2.45, 2.75) is 32.2 Å². The molecule has 20 heavy (non-hydrogen) atoms. The van der Waals surface area contributed by atoms with Crippen LogP contribution in [0.2, 0.25) is 0 Å². The molecular formula is C13H17N3O4. The van der Waals surface area contributed by atoms with Crippen LogP contribution in [0, 0.1) is 23.0 Å². The van der Waals surface area contributed by atoms with Gasteiger partial charge in [-0.15, -0.1) is 0 Å². The summed E-state index contributed by atoms with van der Waals surface area (Å²) in [6.07, 6.45) is 2.35. The number of aromatic nitrogens is 1. The normalized spacial score (nSPS) is 21.5. The number of rotatable bonds is 4. The van der Waals surface area contributed by atoms with E-state index in [9.17, 15) is 14.9 Å². The number of aryl methyl sites for hydroxylation is 1. The number of nitrogens with one attached hydrogen (secondary N) is 1. The number of carbonyl (C=O) groups is 1. The van der Waals surface area contributed by atoms with Gasteiger partial charge in [-0.1, -0.05) is 0 Å². The molecule has 1 heterocycles. The Morgan fingerprint density at radius 3 is 2.85 bits per heavy atom. The highest BCUT2D eigenvalue weighted by molar-refractivity contribution is 5.72. The minimum absolute atomic E-state index is 0.00871. The Balaban J connectivity index is 2.00. The first-order valence-corrected chi connectivity index (χ1v) is 6.47. The Kier molecular flexibility index (Phi) is 4.16. The minimum atomic E-state index is -0.449. The fourth-order valence-corrected chi connectivity index (χ4v) is 2.53. The molecule has 1 aromatic heterocycles. The van der Waals surface area contributed by atoms with Gasteiger partial charge in [-0.3, -0.25) is 14.9 Å². The number of hydrogen-bond acceptors (Lipinski definition) is 6. The number of anilines is 1. The fraction of sp³-hybridized carbons (Fsp3) is 0.538. The highest BCUT2D eigenvalue weighted by atomic mass is 16.6. The van der Waals surface area contributed by atoms with Crippen LogP contribution in [0.4, 0.5) is 11.5 Å². The first-order chi connectivity index (χ1) is 9.51.